The molecule has 90 valence electrons. The van der Waals surface area contributed by atoms with Crippen molar-refractivity contribution in [3.63, 3.8) is 0 Å². The van der Waals surface area contributed by atoms with Crippen LogP contribution in [-0.4, -0.2) is 18.5 Å². The number of nitrogens with two attached hydrogens (primary N) is 1. The molecule has 1 heterocycles. The van der Waals surface area contributed by atoms with E-state index in [4.69, 9.17) is 10.2 Å². The summed E-state index contributed by atoms with van der Waals surface area (Å²) < 4.78 is 6.34. The number of furan rings is 1. The summed E-state index contributed by atoms with van der Waals surface area (Å²) in [5.41, 5.74) is 6.12. The van der Waals surface area contributed by atoms with Crippen molar-refractivity contribution in [1.82, 2.24) is 5.32 Å². The SMILES string of the molecule is CC(CN)NC(=O)c1cc2cccc(Br)c2o1. The maximum Gasteiger partial charge on any atom is 0.287 e. The van der Waals surface area contributed by atoms with Crippen molar-refractivity contribution in [2.75, 3.05) is 6.54 Å². The summed E-state index contributed by atoms with van der Waals surface area (Å²) in [5, 5.41) is 3.65. The van der Waals surface area contributed by atoms with E-state index in [1.165, 1.54) is 0 Å². The van der Waals surface area contributed by atoms with Gasteiger partial charge in [-0.2, -0.15) is 0 Å². The smallest absolute Gasteiger partial charge is 0.287 e. The third-order valence-electron chi connectivity index (χ3n) is 2.45. The van der Waals surface area contributed by atoms with Crippen LogP contribution in [0.15, 0.2) is 33.2 Å². The number of para-hydroxylation sites is 1. The molecule has 0 aliphatic heterocycles. The highest BCUT2D eigenvalue weighted by molar-refractivity contribution is 9.10. The lowest BCUT2D eigenvalue weighted by Gasteiger charge is -2.08. The van der Waals surface area contributed by atoms with Crippen LogP contribution < -0.4 is 11.1 Å². The normalized spacial score (nSPS) is 12.6. The van der Waals surface area contributed by atoms with E-state index in [1.807, 2.05) is 25.1 Å². The molecule has 0 fully saturated rings. The second-order valence-electron chi connectivity index (χ2n) is 3.88. The molecule has 1 amide bonds. The van der Waals surface area contributed by atoms with Crippen molar-refractivity contribution < 1.29 is 9.21 Å². The quantitative estimate of drug-likeness (QED) is 0.913. The molecule has 0 bridgehead atoms. The predicted octanol–water partition coefficient (Wildman–Crippen LogP) is 2.27. The maximum absolute atomic E-state index is 11.8. The predicted molar refractivity (Wildman–Crippen MR) is 69.9 cm³/mol. The average molecular weight is 297 g/mol. The molecular formula is C12H13BrN2O2. The van der Waals surface area contributed by atoms with E-state index in [9.17, 15) is 4.79 Å². The molecule has 0 radical (unpaired) electrons. The Labute approximate surface area is 107 Å². The molecule has 3 N–H and O–H groups in total. The monoisotopic (exact) mass is 296 g/mol. The van der Waals surface area contributed by atoms with E-state index >= 15 is 0 Å². The Hall–Kier alpha value is -1.33. The topological polar surface area (TPSA) is 68.3 Å². The highest BCUT2D eigenvalue weighted by Gasteiger charge is 2.14. The van der Waals surface area contributed by atoms with Crippen molar-refractivity contribution in [3.05, 3.63) is 34.5 Å². The number of hydrogen-bond acceptors (Lipinski definition) is 3. The van der Waals surface area contributed by atoms with Gasteiger partial charge in [-0.15, -0.1) is 0 Å². The summed E-state index contributed by atoms with van der Waals surface area (Å²) in [6.07, 6.45) is 0. The summed E-state index contributed by atoms with van der Waals surface area (Å²) in [6.45, 7) is 2.24. The average Bonchev–Trinajstić information content (AvgIpc) is 2.74. The molecule has 1 unspecified atom stereocenters. The van der Waals surface area contributed by atoms with Crippen molar-refractivity contribution in [1.29, 1.82) is 0 Å². The molecule has 1 atom stereocenters. The number of amides is 1. The Morgan fingerprint density at radius 3 is 3.00 bits per heavy atom. The van der Waals surface area contributed by atoms with Crippen molar-refractivity contribution >= 4 is 32.8 Å². The zero-order valence-electron chi connectivity index (χ0n) is 9.37. The second-order valence-corrected chi connectivity index (χ2v) is 4.73. The van der Waals surface area contributed by atoms with E-state index in [0.29, 0.717) is 17.9 Å². The highest BCUT2D eigenvalue weighted by Crippen LogP contribution is 2.26. The molecule has 0 aliphatic rings. The second kappa shape index (κ2) is 4.89. The first-order valence-electron chi connectivity index (χ1n) is 5.31. The molecule has 1 aromatic heterocycles. The van der Waals surface area contributed by atoms with Crippen LogP contribution in [0.2, 0.25) is 0 Å². The van der Waals surface area contributed by atoms with Gasteiger partial charge in [-0.05, 0) is 35.0 Å². The van der Waals surface area contributed by atoms with Crippen molar-refractivity contribution in [3.8, 4) is 0 Å². The fourth-order valence-electron chi connectivity index (χ4n) is 1.49. The summed E-state index contributed by atoms with van der Waals surface area (Å²) in [6, 6.07) is 7.31. The largest absolute Gasteiger partial charge is 0.450 e. The molecular weight excluding hydrogens is 284 g/mol. The van der Waals surface area contributed by atoms with Crippen LogP contribution in [0.1, 0.15) is 17.5 Å². The van der Waals surface area contributed by atoms with Crippen molar-refractivity contribution in [2.45, 2.75) is 13.0 Å². The molecule has 1 aromatic carbocycles. The first-order chi connectivity index (χ1) is 8.11. The zero-order chi connectivity index (χ0) is 12.4. The lowest BCUT2D eigenvalue weighted by atomic mass is 10.2. The van der Waals surface area contributed by atoms with E-state index in [2.05, 4.69) is 21.2 Å². The van der Waals surface area contributed by atoms with E-state index in [1.54, 1.807) is 6.07 Å². The highest BCUT2D eigenvalue weighted by atomic mass is 79.9. The number of benzene rings is 1. The van der Waals surface area contributed by atoms with Gasteiger partial charge in [0.25, 0.3) is 5.91 Å². The van der Waals surface area contributed by atoms with Gasteiger partial charge in [0.15, 0.2) is 5.76 Å². The third-order valence-corrected chi connectivity index (χ3v) is 3.08. The van der Waals surface area contributed by atoms with Gasteiger partial charge in [-0.1, -0.05) is 12.1 Å². The Balaban J connectivity index is 2.30. The number of carbonyl (C=O) groups excluding carboxylic acids is 1. The molecule has 17 heavy (non-hydrogen) atoms. The molecule has 2 aromatic rings. The molecule has 0 spiro atoms. The maximum atomic E-state index is 11.8. The van der Waals surface area contributed by atoms with E-state index < -0.39 is 0 Å². The first kappa shape index (κ1) is 12.1. The minimum atomic E-state index is -0.244. The molecule has 0 aliphatic carbocycles. The molecule has 0 saturated carbocycles. The number of carbonyl (C=O) groups is 1. The van der Waals surface area contributed by atoms with Gasteiger partial charge in [0.2, 0.25) is 0 Å². The fraction of sp³-hybridized carbons (Fsp3) is 0.250. The van der Waals surface area contributed by atoms with Crippen molar-refractivity contribution in [2.24, 2.45) is 5.73 Å². The Morgan fingerprint density at radius 2 is 2.35 bits per heavy atom. The number of nitrogens with one attached hydrogen (secondary N) is 1. The Kier molecular flexibility index (Phi) is 3.49. The minimum Gasteiger partial charge on any atom is -0.450 e. The van der Waals surface area contributed by atoms with Crippen LogP contribution >= 0.6 is 15.9 Å². The van der Waals surface area contributed by atoms with Crippen LogP contribution in [0.25, 0.3) is 11.0 Å². The lowest BCUT2D eigenvalue weighted by molar-refractivity contribution is 0.0915. The van der Waals surface area contributed by atoms with Gasteiger partial charge in [-0.25, -0.2) is 0 Å². The van der Waals surface area contributed by atoms with Gasteiger partial charge < -0.3 is 15.5 Å². The zero-order valence-corrected chi connectivity index (χ0v) is 11.0. The van der Waals surface area contributed by atoms with E-state index in [0.717, 1.165) is 9.86 Å². The van der Waals surface area contributed by atoms with Crippen LogP contribution in [-0.2, 0) is 0 Å². The summed E-state index contributed by atoms with van der Waals surface area (Å²) in [4.78, 5) is 11.8. The summed E-state index contributed by atoms with van der Waals surface area (Å²) in [7, 11) is 0. The van der Waals surface area contributed by atoms with Gasteiger partial charge in [0, 0.05) is 18.0 Å². The van der Waals surface area contributed by atoms with E-state index in [-0.39, 0.29) is 11.9 Å². The summed E-state index contributed by atoms with van der Waals surface area (Å²) >= 11 is 3.38. The first-order valence-corrected chi connectivity index (χ1v) is 6.10. The van der Waals surface area contributed by atoms with Crippen LogP contribution in [0, 0.1) is 0 Å². The number of halogens is 1. The number of rotatable bonds is 3. The number of fused-ring (bicyclic) bond motifs is 1. The van der Waals surface area contributed by atoms with Crippen LogP contribution in [0.4, 0.5) is 0 Å². The minimum absolute atomic E-state index is 0.0702. The van der Waals surface area contributed by atoms with Gasteiger partial charge in [0.05, 0.1) is 4.47 Å². The third kappa shape index (κ3) is 2.50. The molecule has 2 rings (SSSR count). The van der Waals surface area contributed by atoms with Gasteiger partial charge >= 0.3 is 0 Å². The Bertz CT molecular complexity index is 550. The molecule has 0 saturated heterocycles. The Morgan fingerprint density at radius 1 is 1.59 bits per heavy atom. The van der Waals surface area contributed by atoms with Gasteiger partial charge in [0.1, 0.15) is 5.58 Å². The number of hydrogen-bond donors (Lipinski definition) is 2. The molecule has 5 heteroatoms. The van der Waals surface area contributed by atoms with Gasteiger partial charge in [-0.3, -0.25) is 4.79 Å². The lowest BCUT2D eigenvalue weighted by Crippen LogP contribution is -2.37. The fourth-order valence-corrected chi connectivity index (χ4v) is 1.96. The van der Waals surface area contributed by atoms with Crippen LogP contribution in [0.5, 0.6) is 0 Å². The standard InChI is InChI=1S/C12H13BrN2O2/c1-7(6-14)15-12(16)10-5-8-3-2-4-9(13)11(8)17-10/h2-5,7H,6,14H2,1H3,(H,15,16). The molecule has 4 nitrogen and oxygen atoms in total. The van der Waals surface area contributed by atoms with Crippen LogP contribution in [0.3, 0.4) is 0 Å². The summed E-state index contributed by atoms with van der Waals surface area (Å²) in [5.74, 6) is 0.0539.